The van der Waals surface area contributed by atoms with Crippen LogP contribution in [-0.4, -0.2) is 31.4 Å². The highest BCUT2D eigenvalue weighted by atomic mass is 19.1. The van der Waals surface area contributed by atoms with Gasteiger partial charge < -0.3 is 15.0 Å². The lowest BCUT2D eigenvalue weighted by molar-refractivity contribution is -0.121. The first-order valence-electron chi connectivity index (χ1n) is 8.39. The number of nitrogens with one attached hydrogen (secondary N) is 1. The minimum Gasteiger partial charge on any atom is -0.465 e. The first-order chi connectivity index (χ1) is 12.9. The van der Waals surface area contributed by atoms with Gasteiger partial charge >= 0.3 is 5.97 Å². The van der Waals surface area contributed by atoms with Gasteiger partial charge in [0, 0.05) is 37.7 Å². The molecule has 1 N–H and O–H groups in total. The Hall–Kier alpha value is -3.22. The molecule has 0 radical (unpaired) electrons. The Kier molecular flexibility index (Phi) is 7.05. The summed E-state index contributed by atoms with van der Waals surface area (Å²) in [6.45, 7) is 1.64. The molecular formula is C20H21FN2O4. The summed E-state index contributed by atoms with van der Waals surface area (Å²) < 4.78 is 18.2. The third-order valence-electron chi connectivity index (χ3n) is 3.98. The quantitative estimate of drug-likeness (QED) is 0.758. The van der Waals surface area contributed by atoms with Crippen molar-refractivity contribution in [3.63, 3.8) is 0 Å². The molecule has 7 heteroatoms. The Labute approximate surface area is 156 Å². The van der Waals surface area contributed by atoms with Crippen LogP contribution in [0.25, 0.3) is 0 Å². The minimum atomic E-state index is -0.469. The molecule has 0 fully saturated rings. The van der Waals surface area contributed by atoms with Gasteiger partial charge in [0.2, 0.25) is 11.8 Å². The van der Waals surface area contributed by atoms with Crippen LogP contribution < -0.4 is 10.2 Å². The lowest BCUT2D eigenvalue weighted by Gasteiger charge is -2.21. The zero-order valence-corrected chi connectivity index (χ0v) is 15.2. The Bertz CT molecular complexity index is 821. The number of nitrogens with zero attached hydrogens (tertiary/aromatic N) is 1. The Balaban J connectivity index is 1.94. The molecule has 0 atom stereocenters. The van der Waals surface area contributed by atoms with Crippen molar-refractivity contribution in [3.05, 3.63) is 65.5 Å². The Morgan fingerprint density at radius 2 is 1.74 bits per heavy atom. The van der Waals surface area contributed by atoms with Crippen LogP contribution in [0, 0.1) is 5.82 Å². The molecule has 2 amide bonds. The highest BCUT2D eigenvalue weighted by Crippen LogP contribution is 2.16. The van der Waals surface area contributed by atoms with Gasteiger partial charge in [-0.25, -0.2) is 9.18 Å². The highest BCUT2D eigenvalue weighted by Gasteiger charge is 2.15. The molecule has 0 saturated heterocycles. The molecule has 0 heterocycles. The van der Waals surface area contributed by atoms with Gasteiger partial charge in [-0.1, -0.05) is 18.2 Å². The molecule has 0 aromatic heterocycles. The smallest absolute Gasteiger partial charge is 0.337 e. The van der Waals surface area contributed by atoms with Gasteiger partial charge in [0.25, 0.3) is 0 Å². The van der Waals surface area contributed by atoms with Crippen molar-refractivity contribution < 1.29 is 23.5 Å². The number of benzene rings is 2. The molecule has 0 aliphatic rings. The van der Waals surface area contributed by atoms with Gasteiger partial charge in [-0.3, -0.25) is 9.59 Å². The van der Waals surface area contributed by atoms with Crippen LogP contribution in [0.2, 0.25) is 0 Å². The van der Waals surface area contributed by atoms with E-state index in [1.165, 1.54) is 25.0 Å². The first kappa shape index (κ1) is 20.1. The van der Waals surface area contributed by atoms with E-state index in [9.17, 15) is 18.8 Å². The molecule has 142 valence electrons. The number of halogens is 1. The molecule has 0 aliphatic heterocycles. The maximum atomic E-state index is 13.6. The number of carbonyl (C=O) groups excluding carboxylic acids is 3. The summed E-state index contributed by atoms with van der Waals surface area (Å²) in [6.07, 6.45) is 0.0623. The standard InChI is InChI=1S/C20H21FN2O4/c1-14(24)23(17-9-7-15(8-10-17)20(26)27-2)12-11-19(25)22-13-16-5-3-4-6-18(16)21/h3-10H,11-13H2,1-2H3,(H,22,25). The van der Waals surface area contributed by atoms with Crippen LogP contribution in [0.1, 0.15) is 29.3 Å². The fourth-order valence-electron chi connectivity index (χ4n) is 2.50. The van der Waals surface area contributed by atoms with Crippen molar-refractivity contribution in [3.8, 4) is 0 Å². The number of hydrogen-bond acceptors (Lipinski definition) is 4. The fourth-order valence-corrected chi connectivity index (χ4v) is 2.50. The van der Waals surface area contributed by atoms with Crippen LogP contribution in [0.5, 0.6) is 0 Å². The maximum absolute atomic E-state index is 13.6. The van der Waals surface area contributed by atoms with Crippen molar-refractivity contribution in [2.24, 2.45) is 0 Å². The van der Waals surface area contributed by atoms with E-state index in [0.29, 0.717) is 16.8 Å². The first-order valence-corrected chi connectivity index (χ1v) is 8.39. The van der Waals surface area contributed by atoms with Gasteiger partial charge in [0.05, 0.1) is 12.7 Å². The van der Waals surface area contributed by atoms with Crippen LogP contribution in [0.4, 0.5) is 10.1 Å². The molecule has 2 rings (SSSR count). The molecule has 0 bridgehead atoms. The third-order valence-corrected chi connectivity index (χ3v) is 3.98. The van der Waals surface area contributed by atoms with E-state index in [1.807, 2.05) is 0 Å². The number of amides is 2. The normalized spacial score (nSPS) is 10.2. The fraction of sp³-hybridized carbons (Fsp3) is 0.250. The van der Waals surface area contributed by atoms with Crippen molar-refractivity contribution in [1.82, 2.24) is 5.32 Å². The summed E-state index contributed by atoms with van der Waals surface area (Å²) in [5.74, 6) is -1.38. The average molecular weight is 372 g/mol. The molecule has 0 saturated carbocycles. The SMILES string of the molecule is COC(=O)c1ccc(N(CCC(=O)NCc2ccccc2F)C(C)=O)cc1. The summed E-state index contributed by atoms with van der Waals surface area (Å²) in [6, 6.07) is 12.5. The Morgan fingerprint density at radius 1 is 1.07 bits per heavy atom. The van der Waals surface area contributed by atoms with Gasteiger partial charge in [-0.05, 0) is 30.3 Å². The molecule has 2 aromatic rings. The summed E-state index contributed by atoms with van der Waals surface area (Å²) in [4.78, 5) is 36.9. The number of esters is 1. The van der Waals surface area contributed by atoms with Crippen LogP contribution in [0.3, 0.4) is 0 Å². The Morgan fingerprint density at radius 3 is 2.33 bits per heavy atom. The maximum Gasteiger partial charge on any atom is 0.337 e. The number of anilines is 1. The highest BCUT2D eigenvalue weighted by molar-refractivity contribution is 5.94. The molecule has 6 nitrogen and oxygen atoms in total. The average Bonchev–Trinajstić information content (AvgIpc) is 2.67. The van der Waals surface area contributed by atoms with Gasteiger partial charge in [-0.15, -0.1) is 0 Å². The van der Waals surface area contributed by atoms with Crippen molar-refractivity contribution in [1.29, 1.82) is 0 Å². The lowest BCUT2D eigenvalue weighted by atomic mass is 10.2. The van der Waals surface area contributed by atoms with Gasteiger partial charge in [0.15, 0.2) is 0 Å². The van der Waals surface area contributed by atoms with Gasteiger partial charge in [0.1, 0.15) is 5.82 Å². The summed E-state index contributed by atoms with van der Waals surface area (Å²) >= 11 is 0. The molecule has 0 aliphatic carbocycles. The van der Waals surface area contributed by atoms with E-state index in [0.717, 1.165) is 0 Å². The summed E-state index contributed by atoms with van der Waals surface area (Å²) in [5.41, 5.74) is 1.33. The number of carbonyl (C=O) groups is 3. The lowest BCUT2D eigenvalue weighted by Crippen LogP contribution is -2.33. The second-order valence-electron chi connectivity index (χ2n) is 5.83. The van der Waals surface area contributed by atoms with Crippen molar-refractivity contribution >= 4 is 23.5 Å². The summed E-state index contributed by atoms with van der Waals surface area (Å²) in [5, 5.41) is 2.64. The van der Waals surface area contributed by atoms with E-state index in [-0.39, 0.29) is 37.1 Å². The molecule has 0 unspecified atom stereocenters. The second-order valence-corrected chi connectivity index (χ2v) is 5.83. The number of methoxy groups -OCH3 is 1. The monoisotopic (exact) mass is 372 g/mol. The minimum absolute atomic E-state index is 0.0623. The predicted octanol–water partition coefficient (Wildman–Crippen LogP) is 2.67. The largest absolute Gasteiger partial charge is 0.465 e. The number of hydrogen-bond donors (Lipinski definition) is 1. The molecule has 0 spiro atoms. The topological polar surface area (TPSA) is 75.7 Å². The number of ether oxygens (including phenoxy) is 1. The van der Waals surface area contributed by atoms with E-state index >= 15 is 0 Å². The molecule has 2 aromatic carbocycles. The molecule has 27 heavy (non-hydrogen) atoms. The zero-order chi connectivity index (χ0) is 19.8. The third kappa shape index (κ3) is 5.64. The predicted molar refractivity (Wildman–Crippen MR) is 98.7 cm³/mol. The van der Waals surface area contributed by atoms with Crippen LogP contribution >= 0.6 is 0 Å². The van der Waals surface area contributed by atoms with E-state index in [1.54, 1.807) is 42.5 Å². The van der Waals surface area contributed by atoms with Gasteiger partial charge in [-0.2, -0.15) is 0 Å². The number of rotatable bonds is 7. The zero-order valence-electron chi connectivity index (χ0n) is 15.2. The van der Waals surface area contributed by atoms with Crippen molar-refractivity contribution in [2.75, 3.05) is 18.6 Å². The van der Waals surface area contributed by atoms with Crippen LogP contribution in [0.15, 0.2) is 48.5 Å². The van der Waals surface area contributed by atoms with Crippen LogP contribution in [-0.2, 0) is 20.9 Å². The molecular weight excluding hydrogens is 351 g/mol. The van der Waals surface area contributed by atoms with E-state index in [2.05, 4.69) is 10.1 Å². The van der Waals surface area contributed by atoms with E-state index in [4.69, 9.17) is 0 Å². The van der Waals surface area contributed by atoms with E-state index < -0.39 is 5.97 Å². The second kappa shape index (κ2) is 9.47. The van der Waals surface area contributed by atoms with Crippen molar-refractivity contribution in [2.45, 2.75) is 19.9 Å². The summed E-state index contributed by atoms with van der Waals surface area (Å²) in [7, 11) is 1.29.